The van der Waals surface area contributed by atoms with Crippen LogP contribution in [0.25, 0.3) is 0 Å². The van der Waals surface area contributed by atoms with Crippen molar-refractivity contribution in [1.29, 1.82) is 0 Å². The van der Waals surface area contributed by atoms with E-state index < -0.39 is 32.4 Å². The molecule has 0 aliphatic carbocycles. The van der Waals surface area contributed by atoms with Crippen molar-refractivity contribution in [2.45, 2.75) is 24.3 Å². The van der Waals surface area contributed by atoms with Crippen molar-refractivity contribution in [1.82, 2.24) is 4.72 Å². The van der Waals surface area contributed by atoms with E-state index in [2.05, 4.69) is 4.72 Å². The lowest BCUT2D eigenvalue weighted by Crippen LogP contribution is -2.29. The number of hydrogen-bond acceptors (Lipinski definition) is 3. The second-order valence-electron chi connectivity index (χ2n) is 3.86. The van der Waals surface area contributed by atoms with Gasteiger partial charge in [-0.1, -0.05) is 0 Å². The number of halogens is 4. The minimum Gasteiger partial charge on any atom is -0.328 e. The van der Waals surface area contributed by atoms with Gasteiger partial charge in [0.15, 0.2) is 11.6 Å². The van der Waals surface area contributed by atoms with Crippen LogP contribution in [0.3, 0.4) is 0 Å². The molecule has 0 aliphatic rings. The monoisotopic (exact) mass is 318 g/mol. The van der Waals surface area contributed by atoms with Gasteiger partial charge in [-0.25, -0.2) is 26.3 Å². The number of nitrogens with two attached hydrogens (primary N) is 1. The molecular weight excluding hydrogens is 305 g/mol. The third kappa shape index (κ3) is 4.98. The Bertz CT molecular complexity index is 538. The molecule has 0 spiro atoms. The van der Waals surface area contributed by atoms with Gasteiger partial charge < -0.3 is 5.73 Å². The average molecular weight is 319 g/mol. The molecular formula is C10H14ClF3N2O2S. The Balaban J connectivity index is 0.00000324. The molecule has 0 saturated heterocycles. The average Bonchev–Trinajstić information content (AvgIpc) is 2.22. The molecule has 0 aromatic heterocycles. The summed E-state index contributed by atoms with van der Waals surface area (Å²) < 4.78 is 64.1. The van der Waals surface area contributed by atoms with Gasteiger partial charge in [0, 0.05) is 18.7 Å². The van der Waals surface area contributed by atoms with Crippen LogP contribution in [0.2, 0.25) is 0 Å². The molecule has 0 aliphatic heterocycles. The first kappa shape index (κ1) is 18.2. The number of rotatable bonds is 5. The molecule has 1 rings (SSSR count). The summed E-state index contributed by atoms with van der Waals surface area (Å²) >= 11 is 0. The predicted octanol–water partition coefficient (Wildman–Crippen LogP) is 1.54. The summed E-state index contributed by atoms with van der Waals surface area (Å²) in [6.07, 6.45) is 0.338. The Morgan fingerprint density at radius 2 is 1.74 bits per heavy atom. The number of hydrogen-bond donors (Lipinski definition) is 2. The summed E-state index contributed by atoms with van der Waals surface area (Å²) in [6, 6.07) is 0.261. The van der Waals surface area contributed by atoms with Crippen molar-refractivity contribution in [3.63, 3.8) is 0 Å². The molecule has 0 fully saturated rings. The molecule has 110 valence electrons. The highest BCUT2D eigenvalue weighted by molar-refractivity contribution is 7.89. The largest absolute Gasteiger partial charge is 0.328 e. The lowest BCUT2D eigenvalue weighted by Gasteiger charge is -2.09. The first-order valence-corrected chi connectivity index (χ1v) is 6.62. The normalized spacial score (nSPS) is 12.9. The smallest absolute Gasteiger partial charge is 0.243 e. The van der Waals surface area contributed by atoms with Crippen LogP contribution in [0.4, 0.5) is 13.2 Å². The second kappa shape index (κ2) is 7.09. The minimum atomic E-state index is -4.21. The quantitative estimate of drug-likeness (QED) is 0.809. The Morgan fingerprint density at radius 3 is 2.26 bits per heavy atom. The molecule has 19 heavy (non-hydrogen) atoms. The van der Waals surface area contributed by atoms with E-state index in [0.717, 1.165) is 0 Å². The fraction of sp³-hybridized carbons (Fsp3) is 0.400. The van der Waals surface area contributed by atoms with Crippen LogP contribution in [0.1, 0.15) is 13.3 Å². The zero-order chi connectivity index (χ0) is 13.9. The van der Waals surface area contributed by atoms with Gasteiger partial charge in [-0.2, -0.15) is 0 Å². The van der Waals surface area contributed by atoms with E-state index in [1.807, 2.05) is 0 Å². The van der Waals surface area contributed by atoms with Crippen LogP contribution >= 0.6 is 12.4 Å². The molecule has 1 aromatic carbocycles. The van der Waals surface area contributed by atoms with Crippen LogP contribution in [-0.4, -0.2) is 21.0 Å². The van der Waals surface area contributed by atoms with Crippen LogP contribution in [0.15, 0.2) is 17.0 Å². The van der Waals surface area contributed by atoms with E-state index in [1.165, 1.54) is 0 Å². The van der Waals surface area contributed by atoms with Crippen LogP contribution in [-0.2, 0) is 10.0 Å². The lowest BCUT2D eigenvalue weighted by atomic mass is 10.3. The fourth-order valence-electron chi connectivity index (χ4n) is 1.21. The molecule has 0 heterocycles. The van der Waals surface area contributed by atoms with E-state index in [4.69, 9.17) is 5.73 Å². The molecule has 1 atom stereocenters. The van der Waals surface area contributed by atoms with Crippen molar-refractivity contribution >= 4 is 22.4 Å². The molecule has 9 heteroatoms. The first-order chi connectivity index (χ1) is 8.24. The fourth-order valence-corrected chi connectivity index (χ4v) is 2.33. The van der Waals surface area contributed by atoms with Crippen molar-refractivity contribution < 1.29 is 21.6 Å². The second-order valence-corrected chi connectivity index (χ2v) is 5.60. The van der Waals surface area contributed by atoms with E-state index in [9.17, 15) is 21.6 Å². The highest BCUT2D eigenvalue weighted by Crippen LogP contribution is 2.18. The number of benzene rings is 1. The summed E-state index contributed by atoms with van der Waals surface area (Å²) in [4.78, 5) is -0.925. The van der Waals surface area contributed by atoms with Gasteiger partial charge in [0.05, 0.1) is 0 Å². The zero-order valence-electron chi connectivity index (χ0n) is 9.99. The topological polar surface area (TPSA) is 72.2 Å². The predicted molar refractivity (Wildman–Crippen MR) is 67.0 cm³/mol. The van der Waals surface area contributed by atoms with Crippen LogP contribution in [0, 0.1) is 17.5 Å². The van der Waals surface area contributed by atoms with Gasteiger partial charge in [-0.05, 0) is 19.4 Å². The van der Waals surface area contributed by atoms with Crippen molar-refractivity contribution in [2.75, 3.05) is 6.54 Å². The van der Waals surface area contributed by atoms with Crippen LogP contribution < -0.4 is 10.5 Å². The summed E-state index contributed by atoms with van der Waals surface area (Å²) in [5, 5.41) is 0. The van der Waals surface area contributed by atoms with Gasteiger partial charge in [0.1, 0.15) is 10.7 Å². The minimum absolute atomic E-state index is 0. The molecule has 1 aromatic rings. The molecule has 3 N–H and O–H groups in total. The summed E-state index contributed by atoms with van der Waals surface area (Å²) in [7, 11) is -4.21. The highest BCUT2D eigenvalue weighted by atomic mass is 35.5. The molecule has 0 saturated carbocycles. The third-order valence-corrected chi connectivity index (χ3v) is 3.63. The highest BCUT2D eigenvalue weighted by Gasteiger charge is 2.21. The van der Waals surface area contributed by atoms with Crippen molar-refractivity contribution in [3.8, 4) is 0 Å². The Morgan fingerprint density at radius 1 is 1.21 bits per heavy atom. The summed E-state index contributed by atoms with van der Waals surface area (Å²) in [6.45, 7) is 1.66. The van der Waals surface area contributed by atoms with Gasteiger partial charge in [0.2, 0.25) is 10.0 Å². The van der Waals surface area contributed by atoms with E-state index >= 15 is 0 Å². The van der Waals surface area contributed by atoms with E-state index in [0.29, 0.717) is 12.5 Å². The Kier molecular flexibility index (Phi) is 6.78. The molecule has 0 radical (unpaired) electrons. The molecule has 1 unspecified atom stereocenters. The molecule has 0 bridgehead atoms. The zero-order valence-corrected chi connectivity index (χ0v) is 11.6. The Labute approximate surface area is 115 Å². The maximum absolute atomic E-state index is 13.3. The summed E-state index contributed by atoms with van der Waals surface area (Å²) in [5.41, 5.74) is 5.42. The van der Waals surface area contributed by atoms with Gasteiger partial charge >= 0.3 is 0 Å². The van der Waals surface area contributed by atoms with Crippen LogP contribution in [0.5, 0.6) is 0 Å². The standard InChI is InChI=1S/C10H13F3N2O2S.ClH/c1-6(14)2-3-15-18(16,17)10-5-8(12)7(11)4-9(10)13;/h4-6,15H,2-3,14H2,1H3;1H. The lowest BCUT2D eigenvalue weighted by molar-refractivity contribution is 0.481. The maximum atomic E-state index is 13.3. The Hall–Kier alpha value is -0.830. The van der Waals surface area contributed by atoms with Gasteiger partial charge in [-0.3, -0.25) is 0 Å². The van der Waals surface area contributed by atoms with Gasteiger partial charge in [0.25, 0.3) is 0 Å². The number of sulfonamides is 1. The van der Waals surface area contributed by atoms with E-state index in [-0.39, 0.29) is 31.1 Å². The van der Waals surface area contributed by atoms with Crippen molar-refractivity contribution in [2.24, 2.45) is 5.73 Å². The van der Waals surface area contributed by atoms with Gasteiger partial charge in [-0.15, -0.1) is 12.4 Å². The third-order valence-electron chi connectivity index (χ3n) is 2.16. The first-order valence-electron chi connectivity index (χ1n) is 5.14. The molecule has 4 nitrogen and oxygen atoms in total. The van der Waals surface area contributed by atoms with E-state index in [1.54, 1.807) is 6.92 Å². The SMILES string of the molecule is CC(N)CCNS(=O)(=O)c1cc(F)c(F)cc1F.Cl. The summed E-state index contributed by atoms with van der Waals surface area (Å²) in [5.74, 6) is -4.21. The van der Waals surface area contributed by atoms with Crippen molar-refractivity contribution in [3.05, 3.63) is 29.6 Å². The maximum Gasteiger partial charge on any atom is 0.243 e. The molecule has 0 amide bonds. The number of nitrogens with one attached hydrogen (secondary N) is 1.